The smallest absolute Gasteiger partial charge is 0.0136 e. The fourth-order valence-electron chi connectivity index (χ4n) is 1.20. The average molecular weight is 255 g/mol. The standard InChI is InChI=1S/C10H23BrS/c1-4-7-9-12(11,6-3)10-8-5-2/h4-10H2,1-3H3. The van der Waals surface area contributed by atoms with Gasteiger partial charge in [0.05, 0.1) is 0 Å². The molecule has 0 bridgehead atoms. The fraction of sp³-hybridized carbons (Fsp3) is 1.00. The second-order valence-electron chi connectivity index (χ2n) is 3.34. The average Bonchev–Trinajstić information content (AvgIpc) is 2.11. The van der Waals surface area contributed by atoms with Gasteiger partial charge >= 0.3 is 0 Å². The Morgan fingerprint density at radius 3 is 1.58 bits per heavy atom. The van der Waals surface area contributed by atoms with Crippen LogP contribution in [0.15, 0.2) is 0 Å². The first-order valence-electron chi connectivity index (χ1n) is 5.14. The highest BCUT2D eigenvalue weighted by atomic mass is 79.9. The molecule has 12 heavy (non-hydrogen) atoms. The van der Waals surface area contributed by atoms with Crippen molar-refractivity contribution in [2.24, 2.45) is 0 Å². The second kappa shape index (κ2) is 7.25. The quantitative estimate of drug-likeness (QED) is 0.617. The molecule has 0 aromatic rings. The van der Waals surface area contributed by atoms with Crippen LogP contribution in [0.2, 0.25) is 0 Å². The molecule has 0 unspecified atom stereocenters. The molecule has 0 amide bonds. The molecule has 0 N–H and O–H groups in total. The van der Waals surface area contributed by atoms with Crippen LogP contribution in [0.4, 0.5) is 0 Å². The van der Waals surface area contributed by atoms with Crippen molar-refractivity contribution in [1.29, 1.82) is 0 Å². The van der Waals surface area contributed by atoms with Gasteiger partial charge in [-0.05, 0) is 44.9 Å². The summed E-state index contributed by atoms with van der Waals surface area (Å²) in [5.74, 6) is 4.22. The molecule has 0 aliphatic rings. The van der Waals surface area contributed by atoms with Crippen LogP contribution < -0.4 is 0 Å². The van der Waals surface area contributed by atoms with Gasteiger partial charge in [0, 0.05) is 0 Å². The monoisotopic (exact) mass is 254 g/mol. The molecule has 0 radical (unpaired) electrons. The van der Waals surface area contributed by atoms with Gasteiger partial charge in [0.2, 0.25) is 0 Å². The van der Waals surface area contributed by atoms with E-state index in [1.807, 2.05) is 0 Å². The predicted octanol–water partition coefficient (Wildman–Crippen LogP) is 4.72. The Labute approximate surface area is 87.0 Å². The number of rotatable bonds is 7. The largest absolute Gasteiger partial charge is 0.183 e. The summed E-state index contributed by atoms with van der Waals surface area (Å²) in [5, 5.41) is 0. The Morgan fingerprint density at radius 1 is 0.917 bits per heavy atom. The summed E-state index contributed by atoms with van der Waals surface area (Å²) in [7, 11) is -0.389. The highest BCUT2D eigenvalue weighted by molar-refractivity contribution is 9.58. The molecule has 0 aromatic carbocycles. The van der Waals surface area contributed by atoms with Crippen LogP contribution in [0.1, 0.15) is 46.5 Å². The maximum atomic E-state index is 3.97. The van der Waals surface area contributed by atoms with E-state index in [4.69, 9.17) is 0 Å². The minimum atomic E-state index is -0.389. The van der Waals surface area contributed by atoms with E-state index in [1.54, 1.807) is 0 Å². The lowest BCUT2D eigenvalue weighted by Gasteiger charge is -2.32. The second-order valence-corrected chi connectivity index (χ2v) is 10.7. The third kappa shape index (κ3) is 5.47. The van der Waals surface area contributed by atoms with Crippen LogP contribution in [0.5, 0.6) is 0 Å². The van der Waals surface area contributed by atoms with Crippen LogP contribution in [0.3, 0.4) is 0 Å². The summed E-state index contributed by atoms with van der Waals surface area (Å²) < 4.78 is 0. The van der Waals surface area contributed by atoms with Gasteiger partial charge in [-0.2, -0.15) is 8.46 Å². The van der Waals surface area contributed by atoms with E-state index >= 15 is 0 Å². The van der Waals surface area contributed by atoms with E-state index < -0.39 is 0 Å². The molecule has 0 aromatic heterocycles. The van der Waals surface area contributed by atoms with Crippen LogP contribution in [0, 0.1) is 0 Å². The SMILES string of the molecule is CCCCS(Br)(CC)CCCC. The first-order valence-corrected chi connectivity index (χ1v) is 9.12. The van der Waals surface area contributed by atoms with Gasteiger partial charge in [-0.1, -0.05) is 33.6 Å². The van der Waals surface area contributed by atoms with Crippen LogP contribution in [-0.2, 0) is 0 Å². The molecule has 0 aliphatic heterocycles. The summed E-state index contributed by atoms with van der Waals surface area (Å²) in [6.07, 6.45) is 5.48. The molecular weight excluding hydrogens is 232 g/mol. The number of hydrogen-bond acceptors (Lipinski definition) is 0. The van der Waals surface area contributed by atoms with Crippen LogP contribution in [-0.4, -0.2) is 17.3 Å². The maximum absolute atomic E-state index is 3.97. The highest BCUT2D eigenvalue weighted by Crippen LogP contribution is 2.56. The van der Waals surface area contributed by atoms with Crippen molar-refractivity contribution in [3.05, 3.63) is 0 Å². The van der Waals surface area contributed by atoms with Gasteiger partial charge in [0.25, 0.3) is 0 Å². The van der Waals surface area contributed by atoms with Crippen LogP contribution >= 0.6 is 23.3 Å². The normalized spacial score (nSPS) is 13.3. The molecule has 0 heterocycles. The topological polar surface area (TPSA) is 0 Å². The molecule has 0 spiro atoms. The minimum Gasteiger partial charge on any atom is -0.183 e. The molecule has 76 valence electrons. The van der Waals surface area contributed by atoms with Gasteiger partial charge in [-0.15, -0.1) is 0 Å². The van der Waals surface area contributed by atoms with Crippen molar-refractivity contribution in [3.63, 3.8) is 0 Å². The van der Waals surface area contributed by atoms with E-state index in [1.165, 1.54) is 42.9 Å². The lowest BCUT2D eigenvalue weighted by Crippen LogP contribution is -2.05. The molecular formula is C10H23BrS. The van der Waals surface area contributed by atoms with E-state index in [9.17, 15) is 0 Å². The third-order valence-corrected chi connectivity index (χ3v) is 8.64. The third-order valence-electron chi connectivity index (χ3n) is 2.24. The molecule has 0 nitrogen and oxygen atoms in total. The van der Waals surface area contributed by atoms with Crippen molar-refractivity contribution in [3.8, 4) is 0 Å². The summed E-state index contributed by atoms with van der Waals surface area (Å²) in [4.78, 5) is 0. The van der Waals surface area contributed by atoms with Crippen molar-refractivity contribution in [2.75, 3.05) is 17.3 Å². The summed E-state index contributed by atoms with van der Waals surface area (Å²) in [6.45, 7) is 6.89. The Kier molecular flexibility index (Phi) is 7.76. The Balaban J connectivity index is 3.70. The zero-order valence-electron chi connectivity index (χ0n) is 8.74. The zero-order chi connectivity index (χ0) is 9.45. The first-order chi connectivity index (χ1) is 5.68. The molecule has 0 aliphatic carbocycles. The molecule has 0 rings (SSSR count). The molecule has 2 heteroatoms. The number of unbranched alkanes of at least 4 members (excludes halogenated alkanes) is 2. The number of halogens is 1. The lowest BCUT2D eigenvalue weighted by atomic mass is 10.4. The summed E-state index contributed by atoms with van der Waals surface area (Å²) >= 11 is 3.97. The molecule has 0 saturated carbocycles. The van der Waals surface area contributed by atoms with Crippen molar-refractivity contribution in [1.82, 2.24) is 0 Å². The van der Waals surface area contributed by atoms with Gasteiger partial charge in [0.15, 0.2) is 0 Å². The van der Waals surface area contributed by atoms with Crippen molar-refractivity contribution >= 4 is 23.3 Å². The van der Waals surface area contributed by atoms with Gasteiger partial charge < -0.3 is 0 Å². The van der Waals surface area contributed by atoms with E-state index in [2.05, 4.69) is 35.6 Å². The molecule has 0 fully saturated rings. The van der Waals surface area contributed by atoms with Gasteiger partial charge in [0.1, 0.15) is 0 Å². The molecule has 0 saturated heterocycles. The fourth-order valence-corrected chi connectivity index (χ4v) is 4.96. The van der Waals surface area contributed by atoms with E-state index in [0.717, 1.165) is 0 Å². The lowest BCUT2D eigenvalue weighted by molar-refractivity contribution is 0.872. The zero-order valence-corrected chi connectivity index (χ0v) is 11.1. The van der Waals surface area contributed by atoms with Gasteiger partial charge in [-0.3, -0.25) is 0 Å². The van der Waals surface area contributed by atoms with Crippen molar-refractivity contribution < 1.29 is 0 Å². The highest BCUT2D eigenvalue weighted by Gasteiger charge is 2.16. The summed E-state index contributed by atoms with van der Waals surface area (Å²) in [5.41, 5.74) is 0. The Hall–Kier alpha value is 0.830. The van der Waals surface area contributed by atoms with E-state index in [0.29, 0.717) is 0 Å². The summed E-state index contributed by atoms with van der Waals surface area (Å²) in [6, 6.07) is 0. The first kappa shape index (κ1) is 12.8. The van der Waals surface area contributed by atoms with Gasteiger partial charge in [-0.25, -0.2) is 0 Å². The Bertz CT molecular complexity index is 96.0. The number of hydrogen-bond donors (Lipinski definition) is 0. The predicted molar refractivity (Wildman–Crippen MR) is 66.6 cm³/mol. The van der Waals surface area contributed by atoms with Crippen LogP contribution in [0.25, 0.3) is 0 Å². The molecule has 0 atom stereocenters. The minimum absolute atomic E-state index is 0.389. The Morgan fingerprint density at radius 2 is 1.33 bits per heavy atom. The van der Waals surface area contributed by atoms with Crippen molar-refractivity contribution in [2.45, 2.75) is 46.5 Å². The van der Waals surface area contributed by atoms with E-state index in [-0.39, 0.29) is 8.46 Å². The maximum Gasteiger partial charge on any atom is -0.0136 e.